The van der Waals surface area contributed by atoms with Crippen LogP contribution in [0.15, 0.2) is 24.3 Å². The normalized spacial score (nSPS) is 23.9. The molecule has 0 N–H and O–H groups in total. The van der Waals surface area contributed by atoms with E-state index in [1.807, 2.05) is 0 Å². The minimum atomic E-state index is 0.490. The zero-order chi connectivity index (χ0) is 19.2. The van der Waals surface area contributed by atoms with Crippen LogP contribution in [0.3, 0.4) is 0 Å². The van der Waals surface area contributed by atoms with Crippen molar-refractivity contribution < 1.29 is 4.74 Å². The van der Waals surface area contributed by atoms with E-state index in [4.69, 9.17) is 4.74 Å². The molecule has 152 valence electrons. The van der Waals surface area contributed by atoms with Crippen molar-refractivity contribution in [1.29, 1.82) is 0 Å². The summed E-state index contributed by atoms with van der Waals surface area (Å²) in [6, 6.07) is 9.90. The van der Waals surface area contributed by atoms with Gasteiger partial charge >= 0.3 is 0 Å². The molecule has 0 amide bonds. The Bertz CT molecular complexity index is 545. The van der Waals surface area contributed by atoms with Gasteiger partial charge in [-0.3, -0.25) is 4.90 Å². The van der Waals surface area contributed by atoms with Gasteiger partial charge in [-0.2, -0.15) is 0 Å². The predicted octanol–water partition coefficient (Wildman–Crippen LogP) is 3.85. The molecule has 1 saturated heterocycles. The van der Waals surface area contributed by atoms with Crippen LogP contribution in [0.25, 0.3) is 0 Å². The van der Waals surface area contributed by atoms with Gasteiger partial charge in [-0.15, -0.1) is 0 Å². The molecule has 1 aliphatic heterocycles. The molecule has 0 unspecified atom stereocenters. The third-order valence-electron chi connectivity index (χ3n) is 6.21. The fourth-order valence-corrected chi connectivity index (χ4v) is 4.07. The fourth-order valence-electron chi connectivity index (χ4n) is 4.07. The molecular formula is C23H39N3O. The lowest BCUT2D eigenvalue weighted by atomic mass is 9.88. The molecule has 3 rings (SSSR count). The fraction of sp³-hybridized carbons (Fsp3) is 0.739. The number of nitrogens with zero attached hydrogens (tertiary/aromatic N) is 3. The maximum absolute atomic E-state index is 6.01. The average Bonchev–Trinajstić information content (AvgIpc) is 2.61. The SMILES string of the molecule is CC(C)CCCOC1CC(N(C)Cc2ccc(N3CCN(C)CC3)cc2)C1. The van der Waals surface area contributed by atoms with Crippen LogP contribution < -0.4 is 4.90 Å². The van der Waals surface area contributed by atoms with Crippen molar-refractivity contribution in [3.63, 3.8) is 0 Å². The third kappa shape index (κ3) is 6.20. The molecule has 1 aromatic rings. The summed E-state index contributed by atoms with van der Waals surface area (Å²) in [6.45, 7) is 11.1. The van der Waals surface area contributed by atoms with Crippen LogP contribution >= 0.6 is 0 Å². The van der Waals surface area contributed by atoms with E-state index in [0.717, 1.165) is 45.2 Å². The van der Waals surface area contributed by atoms with Crippen molar-refractivity contribution in [3.05, 3.63) is 29.8 Å². The third-order valence-corrected chi connectivity index (χ3v) is 6.21. The molecule has 2 fully saturated rings. The Morgan fingerprint density at radius 2 is 1.74 bits per heavy atom. The number of ether oxygens (including phenoxy) is 1. The first-order chi connectivity index (χ1) is 13.0. The first kappa shape index (κ1) is 20.6. The van der Waals surface area contributed by atoms with Gasteiger partial charge in [0, 0.05) is 51.1 Å². The van der Waals surface area contributed by atoms with Crippen molar-refractivity contribution in [2.75, 3.05) is 51.8 Å². The molecule has 0 spiro atoms. The Labute approximate surface area is 166 Å². The molecule has 2 aliphatic rings. The minimum Gasteiger partial charge on any atom is -0.378 e. The van der Waals surface area contributed by atoms with Gasteiger partial charge in [0.15, 0.2) is 0 Å². The quantitative estimate of drug-likeness (QED) is 0.612. The topological polar surface area (TPSA) is 19.0 Å². The summed E-state index contributed by atoms with van der Waals surface area (Å²) in [6.07, 6.45) is 5.35. The number of rotatable bonds is 9. The Balaban J connectivity index is 1.36. The molecule has 1 aromatic carbocycles. The second-order valence-electron chi connectivity index (χ2n) is 9.03. The molecule has 0 aromatic heterocycles. The Kier molecular flexibility index (Phi) is 7.57. The molecule has 0 atom stereocenters. The number of piperazine rings is 1. The highest BCUT2D eigenvalue weighted by atomic mass is 16.5. The number of anilines is 1. The summed E-state index contributed by atoms with van der Waals surface area (Å²) in [7, 11) is 4.46. The van der Waals surface area contributed by atoms with Crippen molar-refractivity contribution in [2.45, 2.75) is 58.2 Å². The van der Waals surface area contributed by atoms with Crippen LogP contribution in [0.1, 0.15) is 45.1 Å². The van der Waals surface area contributed by atoms with Gasteiger partial charge in [0.2, 0.25) is 0 Å². The zero-order valence-corrected chi connectivity index (χ0v) is 17.9. The van der Waals surface area contributed by atoms with Crippen LogP contribution in [0.5, 0.6) is 0 Å². The Morgan fingerprint density at radius 3 is 2.37 bits per heavy atom. The van der Waals surface area contributed by atoms with E-state index in [-0.39, 0.29) is 0 Å². The first-order valence-corrected chi connectivity index (χ1v) is 10.9. The van der Waals surface area contributed by atoms with E-state index in [9.17, 15) is 0 Å². The molecular weight excluding hydrogens is 334 g/mol. The lowest BCUT2D eigenvalue weighted by molar-refractivity contribution is -0.0483. The van der Waals surface area contributed by atoms with E-state index in [1.54, 1.807) is 0 Å². The Morgan fingerprint density at radius 1 is 1.07 bits per heavy atom. The average molecular weight is 374 g/mol. The van der Waals surface area contributed by atoms with Gasteiger partial charge in [-0.05, 0) is 63.4 Å². The van der Waals surface area contributed by atoms with Crippen LogP contribution in [-0.2, 0) is 11.3 Å². The highest BCUT2D eigenvalue weighted by Gasteiger charge is 2.32. The maximum atomic E-state index is 6.01. The lowest BCUT2D eigenvalue weighted by Crippen LogP contribution is -2.46. The number of hydrogen-bond donors (Lipinski definition) is 0. The van der Waals surface area contributed by atoms with Crippen LogP contribution in [0.2, 0.25) is 0 Å². The van der Waals surface area contributed by atoms with E-state index >= 15 is 0 Å². The number of hydrogen-bond acceptors (Lipinski definition) is 4. The van der Waals surface area contributed by atoms with E-state index in [0.29, 0.717) is 12.1 Å². The lowest BCUT2D eigenvalue weighted by Gasteiger charge is -2.41. The van der Waals surface area contributed by atoms with E-state index < -0.39 is 0 Å². The summed E-state index contributed by atoms with van der Waals surface area (Å²) in [4.78, 5) is 7.40. The Hall–Kier alpha value is -1.10. The van der Waals surface area contributed by atoms with Crippen molar-refractivity contribution in [1.82, 2.24) is 9.80 Å². The van der Waals surface area contributed by atoms with Gasteiger partial charge in [0.05, 0.1) is 6.10 Å². The summed E-state index contributed by atoms with van der Waals surface area (Å²) >= 11 is 0. The standard InChI is InChI=1S/C23H39N3O/c1-19(2)6-5-15-27-23-16-22(17-23)25(4)18-20-7-9-21(10-8-20)26-13-11-24(3)12-14-26/h7-10,19,22-23H,5-6,11-18H2,1-4H3. The molecule has 1 saturated carbocycles. The van der Waals surface area contributed by atoms with Crippen LogP contribution in [0, 0.1) is 5.92 Å². The maximum Gasteiger partial charge on any atom is 0.0605 e. The first-order valence-electron chi connectivity index (χ1n) is 10.9. The van der Waals surface area contributed by atoms with Crippen molar-refractivity contribution in [3.8, 4) is 0 Å². The van der Waals surface area contributed by atoms with Gasteiger partial charge in [-0.25, -0.2) is 0 Å². The van der Waals surface area contributed by atoms with Crippen LogP contribution in [0.4, 0.5) is 5.69 Å². The molecule has 0 bridgehead atoms. The molecule has 4 nitrogen and oxygen atoms in total. The van der Waals surface area contributed by atoms with E-state index in [1.165, 1.54) is 36.9 Å². The van der Waals surface area contributed by atoms with Gasteiger partial charge < -0.3 is 14.5 Å². The summed E-state index contributed by atoms with van der Waals surface area (Å²) in [5, 5.41) is 0. The highest BCUT2D eigenvalue weighted by molar-refractivity contribution is 5.48. The zero-order valence-electron chi connectivity index (χ0n) is 17.9. The van der Waals surface area contributed by atoms with Crippen molar-refractivity contribution >= 4 is 5.69 Å². The molecule has 1 aliphatic carbocycles. The second kappa shape index (κ2) is 9.90. The largest absolute Gasteiger partial charge is 0.378 e. The molecule has 0 radical (unpaired) electrons. The number of likely N-dealkylation sites (N-methyl/N-ethyl adjacent to an activating group) is 1. The van der Waals surface area contributed by atoms with E-state index in [2.05, 4.69) is 66.9 Å². The second-order valence-corrected chi connectivity index (χ2v) is 9.03. The van der Waals surface area contributed by atoms with Crippen LogP contribution in [-0.4, -0.2) is 68.8 Å². The highest BCUT2D eigenvalue weighted by Crippen LogP contribution is 2.29. The summed E-state index contributed by atoms with van der Waals surface area (Å²) in [5.41, 5.74) is 2.78. The van der Waals surface area contributed by atoms with Gasteiger partial charge in [0.25, 0.3) is 0 Å². The predicted molar refractivity (Wildman–Crippen MR) is 114 cm³/mol. The summed E-state index contributed by atoms with van der Waals surface area (Å²) in [5.74, 6) is 0.788. The smallest absolute Gasteiger partial charge is 0.0605 e. The molecule has 1 heterocycles. The molecule has 4 heteroatoms. The van der Waals surface area contributed by atoms with Gasteiger partial charge in [0.1, 0.15) is 0 Å². The number of benzene rings is 1. The van der Waals surface area contributed by atoms with Gasteiger partial charge in [-0.1, -0.05) is 26.0 Å². The summed E-state index contributed by atoms with van der Waals surface area (Å²) < 4.78 is 6.01. The minimum absolute atomic E-state index is 0.490. The van der Waals surface area contributed by atoms with Crippen molar-refractivity contribution in [2.24, 2.45) is 5.92 Å². The monoisotopic (exact) mass is 373 g/mol. The molecule has 27 heavy (non-hydrogen) atoms.